The predicted molar refractivity (Wildman–Crippen MR) is 126 cm³/mol. The Morgan fingerprint density at radius 2 is 1.90 bits per heavy atom. The molecule has 1 aromatic heterocycles. The highest BCUT2D eigenvalue weighted by Crippen LogP contribution is 2.35. The minimum atomic E-state index is -0.0120. The van der Waals surface area contributed by atoms with E-state index >= 15 is 0 Å². The van der Waals surface area contributed by atoms with Gasteiger partial charge >= 0.3 is 0 Å². The van der Waals surface area contributed by atoms with Crippen LogP contribution in [0.15, 0.2) is 18.2 Å². The molecule has 1 aliphatic heterocycles. The zero-order valence-corrected chi connectivity index (χ0v) is 19.7. The number of benzene rings is 1. The van der Waals surface area contributed by atoms with Gasteiger partial charge in [-0.25, -0.2) is 4.98 Å². The molecule has 1 aliphatic carbocycles. The van der Waals surface area contributed by atoms with Crippen LogP contribution in [-0.2, 0) is 22.4 Å². The molecule has 0 bridgehead atoms. The summed E-state index contributed by atoms with van der Waals surface area (Å²) in [6.07, 6.45) is 2.45. The van der Waals surface area contributed by atoms with Crippen LogP contribution >= 0.6 is 11.3 Å². The van der Waals surface area contributed by atoms with Crippen molar-refractivity contribution in [2.45, 2.75) is 47.0 Å². The minimum absolute atomic E-state index is 0.0120. The van der Waals surface area contributed by atoms with Crippen LogP contribution in [-0.4, -0.2) is 47.9 Å². The maximum Gasteiger partial charge on any atom is 0.227 e. The molecule has 1 atom stereocenters. The molecule has 0 saturated carbocycles. The molecule has 2 heterocycles. The Balaban J connectivity index is 1.37. The van der Waals surface area contributed by atoms with Crippen LogP contribution in [0.3, 0.4) is 0 Å². The topological polar surface area (TPSA) is 65.5 Å². The molecule has 0 unspecified atom stereocenters. The lowest BCUT2D eigenvalue weighted by Crippen LogP contribution is -2.49. The van der Waals surface area contributed by atoms with Gasteiger partial charge in [0.15, 0.2) is 5.13 Å². The van der Waals surface area contributed by atoms with Crippen molar-refractivity contribution in [3.63, 3.8) is 0 Å². The van der Waals surface area contributed by atoms with Crippen LogP contribution in [0.2, 0.25) is 0 Å². The maximum absolute atomic E-state index is 12.9. The number of carbonyl (C=O) groups excluding carboxylic acids is 2. The number of fused-ring (bicyclic) bond motifs is 1. The van der Waals surface area contributed by atoms with Gasteiger partial charge in [0.25, 0.3) is 0 Å². The number of nitrogens with zero attached hydrogens (tertiary/aromatic N) is 3. The third-order valence-corrected chi connectivity index (χ3v) is 7.48. The Kier molecular flexibility index (Phi) is 6.32. The third-order valence-electron chi connectivity index (χ3n) is 6.29. The zero-order chi connectivity index (χ0) is 22.1. The smallest absolute Gasteiger partial charge is 0.227 e. The molecule has 0 radical (unpaired) electrons. The van der Waals surface area contributed by atoms with E-state index in [2.05, 4.69) is 23.2 Å². The van der Waals surface area contributed by atoms with Crippen molar-refractivity contribution in [3.05, 3.63) is 39.9 Å². The van der Waals surface area contributed by atoms with Crippen LogP contribution in [0.25, 0.3) is 0 Å². The van der Waals surface area contributed by atoms with Gasteiger partial charge in [-0.05, 0) is 44.7 Å². The monoisotopic (exact) mass is 440 g/mol. The van der Waals surface area contributed by atoms with Crippen LogP contribution in [0.5, 0.6) is 0 Å². The van der Waals surface area contributed by atoms with E-state index in [1.807, 2.05) is 37.8 Å². The fourth-order valence-corrected chi connectivity index (χ4v) is 5.63. The minimum Gasteiger partial charge on any atom is -0.345 e. The lowest BCUT2D eigenvalue weighted by Gasteiger charge is -2.35. The standard InChI is InChI=1S/C24H32N4O2S/c1-15(2)23(30)27-9-11-28(12-10-27)24-26-20-8-6-18(14-21(20)31-24)22(29)25-19-7-5-16(3)13-17(19)4/h5,7,13,15,18H,6,8-12,14H2,1-4H3,(H,25,29)/t18-/m1/s1. The highest BCUT2D eigenvalue weighted by atomic mass is 32.1. The number of nitrogens with one attached hydrogen (secondary N) is 1. The maximum atomic E-state index is 12.9. The summed E-state index contributed by atoms with van der Waals surface area (Å²) in [6.45, 7) is 11.1. The highest BCUT2D eigenvalue weighted by molar-refractivity contribution is 7.15. The van der Waals surface area contributed by atoms with E-state index in [0.29, 0.717) is 0 Å². The summed E-state index contributed by atoms with van der Waals surface area (Å²) in [5.74, 6) is 0.372. The number of amides is 2. The van der Waals surface area contributed by atoms with Crippen LogP contribution < -0.4 is 10.2 Å². The van der Waals surface area contributed by atoms with Gasteiger partial charge in [0.05, 0.1) is 5.69 Å². The Bertz CT molecular complexity index is 976. The molecule has 1 saturated heterocycles. The first-order chi connectivity index (χ1) is 14.8. The zero-order valence-electron chi connectivity index (χ0n) is 18.9. The Labute approximate surface area is 188 Å². The molecule has 1 N–H and O–H groups in total. The van der Waals surface area contributed by atoms with E-state index in [0.717, 1.165) is 67.5 Å². The molecular weight excluding hydrogens is 408 g/mol. The predicted octanol–water partition coefficient (Wildman–Crippen LogP) is 3.81. The van der Waals surface area contributed by atoms with Gasteiger partial charge < -0.3 is 15.1 Å². The quantitative estimate of drug-likeness (QED) is 0.785. The Hall–Kier alpha value is -2.41. The molecule has 2 aliphatic rings. The second kappa shape index (κ2) is 8.99. The molecule has 2 amide bonds. The summed E-state index contributed by atoms with van der Waals surface area (Å²) in [4.78, 5) is 35.5. The lowest BCUT2D eigenvalue weighted by atomic mass is 9.90. The molecule has 166 valence electrons. The normalized spacial score (nSPS) is 18.8. The average Bonchev–Trinajstić information content (AvgIpc) is 3.18. The molecule has 0 spiro atoms. The summed E-state index contributed by atoms with van der Waals surface area (Å²) in [7, 11) is 0. The van der Waals surface area contributed by atoms with Crippen molar-refractivity contribution in [3.8, 4) is 0 Å². The number of aromatic nitrogens is 1. The SMILES string of the molecule is Cc1ccc(NC(=O)[C@@H]2CCc3nc(N4CCN(C(=O)C(C)C)CC4)sc3C2)c(C)c1. The Morgan fingerprint density at radius 3 is 2.58 bits per heavy atom. The number of hydrogen-bond acceptors (Lipinski definition) is 5. The molecule has 2 aromatic rings. The number of aryl methyl sites for hydroxylation is 3. The number of thiazole rings is 1. The van der Waals surface area contributed by atoms with Crippen molar-refractivity contribution in [1.82, 2.24) is 9.88 Å². The fourth-order valence-electron chi connectivity index (χ4n) is 4.39. The first-order valence-corrected chi connectivity index (χ1v) is 12.0. The van der Waals surface area contributed by atoms with E-state index < -0.39 is 0 Å². The van der Waals surface area contributed by atoms with Gasteiger partial charge in [0.2, 0.25) is 11.8 Å². The van der Waals surface area contributed by atoms with Crippen molar-refractivity contribution >= 4 is 34.0 Å². The molecular formula is C24H32N4O2S. The van der Waals surface area contributed by atoms with E-state index in [9.17, 15) is 9.59 Å². The largest absolute Gasteiger partial charge is 0.345 e. The average molecular weight is 441 g/mol. The third kappa shape index (κ3) is 4.76. The first-order valence-electron chi connectivity index (χ1n) is 11.2. The van der Waals surface area contributed by atoms with Gasteiger partial charge in [-0.2, -0.15) is 0 Å². The van der Waals surface area contributed by atoms with Gasteiger partial charge in [0.1, 0.15) is 0 Å². The van der Waals surface area contributed by atoms with Gasteiger partial charge in [-0.15, -0.1) is 11.3 Å². The number of anilines is 2. The molecule has 7 heteroatoms. The first kappa shape index (κ1) is 21.8. The second-order valence-corrected chi connectivity index (χ2v) is 10.1. The summed E-state index contributed by atoms with van der Waals surface area (Å²) < 4.78 is 0. The van der Waals surface area contributed by atoms with E-state index in [1.54, 1.807) is 11.3 Å². The van der Waals surface area contributed by atoms with Crippen LogP contribution in [0.4, 0.5) is 10.8 Å². The number of hydrogen-bond donors (Lipinski definition) is 1. The second-order valence-electron chi connectivity index (χ2n) is 9.08. The molecule has 31 heavy (non-hydrogen) atoms. The fraction of sp³-hybridized carbons (Fsp3) is 0.542. The highest BCUT2D eigenvalue weighted by Gasteiger charge is 2.30. The number of piperazine rings is 1. The summed E-state index contributed by atoms with van der Waals surface area (Å²) in [6, 6.07) is 6.12. The molecule has 4 rings (SSSR count). The molecule has 6 nitrogen and oxygen atoms in total. The van der Waals surface area contributed by atoms with Crippen molar-refractivity contribution in [2.75, 3.05) is 36.4 Å². The van der Waals surface area contributed by atoms with Gasteiger partial charge in [0, 0.05) is 48.6 Å². The number of carbonyl (C=O) groups is 2. The van der Waals surface area contributed by atoms with E-state index in [4.69, 9.17) is 4.98 Å². The van der Waals surface area contributed by atoms with Gasteiger partial charge in [-0.1, -0.05) is 31.5 Å². The summed E-state index contributed by atoms with van der Waals surface area (Å²) in [5, 5.41) is 4.17. The molecule has 1 fully saturated rings. The van der Waals surface area contributed by atoms with Crippen molar-refractivity contribution < 1.29 is 9.59 Å². The van der Waals surface area contributed by atoms with Crippen molar-refractivity contribution in [1.29, 1.82) is 0 Å². The number of rotatable bonds is 4. The summed E-state index contributed by atoms with van der Waals surface area (Å²) >= 11 is 1.72. The van der Waals surface area contributed by atoms with Crippen LogP contribution in [0, 0.1) is 25.7 Å². The lowest BCUT2D eigenvalue weighted by molar-refractivity contribution is -0.134. The molecule has 1 aromatic carbocycles. The van der Waals surface area contributed by atoms with E-state index in [-0.39, 0.29) is 23.7 Å². The van der Waals surface area contributed by atoms with Crippen molar-refractivity contribution in [2.24, 2.45) is 11.8 Å². The van der Waals surface area contributed by atoms with Gasteiger partial charge in [-0.3, -0.25) is 9.59 Å². The van der Waals surface area contributed by atoms with Crippen LogP contribution in [0.1, 0.15) is 42.0 Å². The Morgan fingerprint density at radius 1 is 1.16 bits per heavy atom. The summed E-state index contributed by atoms with van der Waals surface area (Å²) in [5.41, 5.74) is 4.35. The van der Waals surface area contributed by atoms with E-state index in [1.165, 1.54) is 10.4 Å².